The summed E-state index contributed by atoms with van der Waals surface area (Å²) in [6, 6.07) is 4.57. The van der Waals surface area contributed by atoms with Crippen molar-refractivity contribution in [3.63, 3.8) is 0 Å². The van der Waals surface area contributed by atoms with Gasteiger partial charge in [-0.2, -0.15) is 0 Å². The molecule has 1 fully saturated rings. The van der Waals surface area contributed by atoms with Crippen molar-refractivity contribution < 1.29 is 9.15 Å². The zero-order chi connectivity index (χ0) is 12.4. The fourth-order valence-electron chi connectivity index (χ4n) is 2.60. The lowest BCUT2D eigenvalue weighted by atomic mass is 10.1. The van der Waals surface area contributed by atoms with Crippen LogP contribution in [0.3, 0.4) is 0 Å². The van der Waals surface area contributed by atoms with Crippen LogP contribution in [0.15, 0.2) is 16.5 Å². The molecule has 4 nitrogen and oxygen atoms in total. The highest BCUT2D eigenvalue weighted by Crippen LogP contribution is 2.27. The molecule has 0 bridgehead atoms. The Labute approximate surface area is 103 Å². The van der Waals surface area contributed by atoms with Crippen LogP contribution in [-0.2, 0) is 4.74 Å². The van der Waals surface area contributed by atoms with Crippen molar-refractivity contribution in [2.75, 3.05) is 20.2 Å². The number of nitrogens with zero attached hydrogens (tertiary/aromatic N) is 1. The third kappa shape index (κ3) is 2.54. The first kappa shape index (κ1) is 12.6. The molecule has 0 amide bonds. The third-order valence-electron chi connectivity index (χ3n) is 3.66. The van der Waals surface area contributed by atoms with Gasteiger partial charge in [0.05, 0.1) is 12.1 Å². The van der Waals surface area contributed by atoms with Crippen molar-refractivity contribution >= 4 is 0 Å². The average Bonchev–Trinajstić information content (AvgIpc) is 2.88. The highest BCUT2D eigenvalue weighted by molar-refractivity contribution is 5.11. The fourth-order valence-corrected chi connectivity index (χ4v) is 2.60. The first-order chi connectivity index (χ1) is 8.13. The summed E-state index contributed by atoms with van der Waals surface area (Å²) in [6.45, 7) is 5.48. The lowest BCUT2D eigenvalue weighted by Crippen LogP contribution is -2.41. The molecule has 17 heavy (non-hydrogen) atoms. The maximum Gasteiger partial charge on any atom is 0.122 e. The largest absolute Gasteiger partial charge is 0.465 e. The molecule has 2 rings (SSSR count). The van der Waals surface area contributed by atoms with E-state index in [0.717, 1.165) is 24.5 Å². The zero-order valence-corrected chi connectivity index (χ0v) is 10.8. The standard InChI is InChI=1S/C13H22N2O2/c1-9-4-5-13(17-9)12(8-14)15(3)11-6-7-16-10(11)2/h4-5,10-12H,6-8,14H2,1-3H3. The first-order valence-corrected chi connectivity index (χ1v) is 6.23. The van der Waals surface area contributed by atoms with Gasteiger partial charge in [0.1, 0.15) is 11.5 Å². The van der Waals surface area contributed by atoms with E-state index in [1.54, 1.807) is 0 Å². The van der Waals surface area contributed by atoms with Gasteiger partial charge in [-0.1, -0.05) is 0 Å². The van der Waals surface area contributed by atoms with Crippen molar-refractivity contribution in [1.29, 1.82) is 0 Å². The summed E-state index contributed by atoms with van der Waals surface area (Å²) in [6.07, 6.45) is 1.33. The van der Waals surface area contributed by atoms with Gasteiger partial charge in [-0.25, -0.2) is 0 Å². The van der Waals surface area contributed by atoms with E-state index in [9.17, 15) is 0 Å². The van der Waals surface area contributed by atoms with Gasteiger partial charge in [0, 0.05) is 19.2 Å². The van der Waals surface area contributed by atoms with E-state index >= 15 is 0 Å². The second-order valence-electron chi connectivity index (χ2n) is 4.80. The molecular formula is C13H22N2O2. The van der Waals surface area contributed by atoms with Gasteiger partial charge in [-0.05, 0) is 39.4 Å². The van der Waals surface area contributed by atoms with Crippen LogP contribution < -0.4 is 5.73 Å². The van der Waals surface area contributed by atoms with E-state index in [-0.39, 0.29) is 12.1 Å². The molecule has 4 heteroatoms. The molecule has 0 saturated carbocycles. The fraction of sp³-hybridized carbons (Fsp3) is 0.692. The topological polar surface area (TPSA) is 51.6 Å². The van der Waals surface area contributed by atoms with Crippen LogP contribution in [-0.4, -0.2) is 37.2 Å². The summed E-state index contributed by atoms with van der Waals surface area (Å²) < 4.78 is 11.3. The van der Waals surface area contributed by atoms with Gasteiger partial charge in [-0.15, -0.1) is 0 Å². The summed E-state index contributed by atoms with van der Waals surface area (Å²) in [7, 11) is 2.10. The van der Waals surface area contributed by atoms with Gasteiger partial charge in [0.15, 0.2) is 0 Å². The molecule has 1 aromatic rings. The lowest BCUT2D eigenvalue weighted by molar-refractivity contribution is 0.0640. The SMILES string of the molecule is Cc1ccc(C(CN)N(C)C2CCOC2C)o1. The summed E-state index contributed by atoms with van der Waals surface area (Å²) >= 11 is 0. The number of ether oxygens (including phenoxy) is 1. The summed E-state index contributed by atoms with van der Waals surface area (Å²) in [5.74, 6) is 1.88. The molecule has 0 aliphatic carbocycles. The Hall–Kier alpha value is -0.840. The van der Waals surface area contributed by atoms with Crippen LogP contribution in [0, 0.1) is 6.92 Å². The van der Waals surface area contributed by atoms with Crippen LogP contribution in [0.25, 0.3) is 0 Å². The second-order valence-corrected chi connectivity index (χ2v) is 4.80. The van der Waals surface area contributed by atoms with Crippen LogP contribution >= 0.6 is 0 Å². The Kier molecular flexibility index (Phi) is 3.86. The number of likely N-dealkylation sites (N-methyl/N-ethyl adjacent to an activating group) is 1. The molecule has 3 unspecified atom stereocenters. The Morgan fingerprint density at radius 3 is 2.76 bits per heavy atom. The number of furan rings is 1. The van der Waals surface area contributed by atoms with Gasteiger partial charge in [0.25, 0.3) is 0 Å². The molecule has 0 aromatic carbocycles. The van der Waals surface area contributed by atoms with Crippen LogP contribution in [0.1, 0.15) is 30.9 Å². The maximum atomic E-state index is 5.89. The second kappa shape index (κ2) is 5.21. The monoisotopic (exact) mass is 238 g/mol. The first-order valence-electron chi connectivity index (χ1n) is 6.23. The van der Waals surface area contributed by atoms with Crippen molar-refractivity contribution in [1.82, 2.24) is 4.90 Å². The Balaban J connectivity index is 2.12. The van der Waals surface area contributed by atoms with Crippen LogP contribution in [0.5, 0.6) is 0 Å². The van der Waals surface area contributed by atoms with Crippen LogP contribution in [0.4, 0.5) is 0 Å². The molecule has 0 spiro atoms. The van der Waals surface area contributed by atoms with E-state index in [1.165, 1.54) is 0 Å². The van der Waals surface area contributed by atoms with Crippen LogP contribution in [0.2, 0.25) is 0 Å². The van der Waals surface area contributed by atoms with E-state index in [0.29, 0.717) is 12.6 Å². The molecular weight excluding hydrogens is 216 g/mol. The third-order valence-corrected chi connectivity index (χ3v) is 3.66. The van der Waals surface area contributed by atoms with E-state index in [2.05, 4.69) is 18.9 Å². The molecule has 1 aromatic heterocycles. The Morgan fingerprint density at radius 1 is 1.53 bits per heavy atom. The lowest BCUT2D eigenvalue weighted by Gasteiger charge is -2.32. The molecule has 2 heterocycles. The Morgan fingerprint density at radius 2 is 2.29 bits per heavy atom. The number of hydrogen-bond acceptors (Lipinski definition) is 4. The highest BCUT2D eigenvalue weighted by Gasteiger charge is 2.32. The quantitative estimate of drug-likeness (QED) is 0.867. The smallest absolute Gasteiger partial charge is 0.122 e. The van der Waals surface area contributed by atoms with Gasteiger partial charge in [-0.3, -0.25) is 4.90 Å². The molecule has 1 saturated heterocycles. The minimum atomic E-state index is 0.137. The molecule has 3 atom stereocenters. The molecule has 1 aliphatic heterocycles. The molecule has 1 aliphatic rings. The summed E-state index contributed by atoms with van der Waals surface area (Å²) in [5.41, 5.74) is 5.89. The molecule has 96 valence electrons. The number of hydrogen-bond donors (Lipinski definition) is 1. The van der Waals surface area contributed by atoms with Crippen molar-refractivity contribution in [2.24, 2.45) is 5.73 Å². The van der Waals surface area contributed by atoms with E-state index in [4.69, 9.17) is 14.9 Å². The molecule has 2 N–H and O–H groups in total. The highest BCUT2D eigenvalue weighted by atomic mass is 16.5. The maximum absolute atomic E-state index is 5.89. The number of aryl methyl sites for hydroxylation is 1. The Bertz CT molecular complexity index is 364. The summed E-state index contributed by atoms with van der Waals surface area (Å²) in [4.78, 5) is 2.29. The summed E-state index contributed by atoms with van der Waals surface area (Å²) in [5, 5.41) is 0. The van der Waals surface area contributed by atoms with Gasteiger partial charge < -0.3 is 14.9 Å². The van der Waals surface area contributed by atoms with Gasteiger partial charge >= 0.3 is 0 Å². The van der Waals surface area contributed by atoms with Crippen molar-refractivity contribution in [2.45, 2.75) is 38.5 Å². The average molecular weight is 238 g/mol. The van der Waals surface area contributed by atoms with Crippen molar-refractivity contribution in [3.8, 4) is 0 Å². The van der Waals surface area contributed by atoms with Crippen molar-refractivity contribution in [3.05, 3.63) is 23.7 Å². The van der Waals surface area contributed by atoms with E-state index in [1.807, 2.05) is 19.1 Å². The van der Waals surface area contributed by atoms with E-state index < -0.39 is 0 Å². The molecule has 0 radical (unpaired) electrons. The normalized spacial score (nSPS) is 26.6. The minimum Gasteiger partial charge on any atom is -0.465 e. The number of rotatable bonds is 4. The number of nitrogens with two attached hydrogens (primary N) is 1. The van der Waals surface area contributed by atoms with Gasteiger partial charge in [0.2, 0.25) is 0 Å². The zero-order valence-electron chi connectivity index (χ0n) is 10.8. The minimum absolute atomic E-state index is 0.137. The predicted octanol–water partition coefficient (Wildman–Crippen LogP) is 1.70. The predicted molar refractivity (Wildman–Crippen MR) is 66.8 cm³/mol.